The van der Waals surface area contributed by atoms with E-state index in [2.05, 4.69) is 16.4 Å². The molecule has 0 unspecified atom stereocenters. The topological polar surface area (TPSA) is 50.7 Å². The third-order valence-electron chi connectivity index (χ3n) is 3.77. The Kier molecular flexibility index (Phi) is 5.97. The van der Waals surface area contributed by atoms with E-state index in [0.717, 1.165) is 10.8 Å². The van der Waals surface area contributed by atoms with Crippen LogP contribution >= 0.6 is 23.2 Å². The summed E-state index contributed by atoms with van der Waals surface area (Å²) >= 11 is 12.0. The van der Waals surface area contributed by atoms with Crippen molar-refractivity contribution in [2.75, 3.05) is 6.61 Å². The largest absolute Gasteiger partial charge is 0.480 e. The minimum Gasteiger partial charge on any atom is -0.480 e. The SMILES string of the molecule is C#CCOc1ccc2ccccc2c1/C=N\NC(=O)c1cc(Cl)ccc1Cl. The number of halogens is 2. The molecule has 27 heavy (non-hydrogen) atoms. The Morgan fingerprint density at radius 2 is 2.00 bits per heavy atom. The van der Waals surface area contributed by atoms with Crippen LogP contribution in [0.4, 0.5) is 0 Å². The van der Waals surface area contributed by atoms with E-state index in [0.29, 0.717) is 16.3 Å². The van der Waals surface area contributed by atoms with Crippen molar-refractivity contribution in [2.24, 2.45) is 5.10 Å². The highest BCUT2D eigenvalue weighted by Gasteiger charge is 2.11. The molecule has 6 heteroatoms. The van der Waals surface area contributed by atoms with Crippen LogP contribution in [0.5, 0.6) is 5.75 Å². The molecule has 0 saturated heterocycles. The minimum atomic E-state index is -0.468. The van der Waals surface area contributed by atoms with Gasteiger partial charge in [0, 0.05) is 10.6 Å². The number of amides is 1. The van der Waals surface area contributed by atoms with Gasteiger partial charge in [-0.25, -0.2) is 5.43 Å². The number of ether oxygens (including phenoxy) is 1. The minimum absolute atomic E-state index is 0.129. The maximum Gasteiger partial charge on any atom is 0.272 e. The van der Waals surface area contributed by atoms with Crippen molar-refractivity contribution in [1.29, 1.82) is 0 Å². The van der Waals surface area contributed by atoms with Crippen LogP contribution in [0.2, 0.25) is 10.0 Å². The Labute approximate surface area is 166 Å². The average molecular weight is 397 g/mol. The van der Waals surface area contributed by atoms with E-state index in [1.165, 1.54) is 12.3 Å². The molecule has 0 heterocycles. The third kappa shape index (κ3) is 4.40. The van der Waals surface area contributed by atoms with Gasteiger partial charge in [0.2, 0.25) is 0 Å². The number of rotatable bonds is 5. The molecule has 0 atom stereocenters. The fourth-order valence-electron chi connectivity index (χ4n) is 2.54. The van der Waals surface area contributed by atoms with Crippen molar-refractivity contribution in [3.63, 3.8) is 0 Å². The summed E-state index contributed by atoms with van der Waals surface area (Å²) in [6.45, 7) is 0.129. The highest BCUT2D eigenvalue weighted by Crippen LogP contribution is 2.26. The number of carbonyl (C=O) groups excluding carboxylic acids is 1. The van der Waals surface area contributed by atoms with Crippen LogP contribution in [-0.2, 0) is 0 Å². The van der Waals surface area contributed by atoms with Gasteiger partial charge >= 0.3 is 0 Å². The zero-order valence-electron chi connectivity index (χ0n) is 14.1. The number of hydrogen-bond acceptors (Lipinski definition) is 3. The standard InChI is InChI=1S/C21H14Cl2N2O2/c1-2-11-27-20-10-7-14-5-3-4-6-16(14)18(20)13-24-25-21(26)17-12-15(22)8-9-19(17)23/h1,3-10,12-13H,11H2,(H,25,26)/b24-13-. The van der Waals surface area contributed by atoms with Crippen molar-refractivity contribution in [3.05, 3.63) is 75.8 Å². The van der Waals surface area contributed by atoms with Crippen LogP contribution in [0.25, 0.3) is 10.8 Å². The third-order valence-corrected chi connectivity index (χ3v) is 4.34. The molecule has 0 radical (unpaired) electrons. The lowest BCUT2D eigenvalue weighted by Gasteiger charge is -2.10. The summed E-state index contributed by atoms with van der Waals surface area (Å²) < 4.78 is 5.59. The fourth-order valence-corrected chi connectivity index (χ4v) is 2.92. The number of nitrogens with zero attached hydrogens (tertiary/aromatic N) is 1. The molecule has 0 fully saturated rings. The first kappa shape index (κ1) is 18.8. The number of hydrogen-bond donors (Lipinski definition) is 1. The van der Waals surface area contributed by atoms with Gasteiger partial charge in [0.05, 0.1) is 16.8 Å². The summed E-state index contributed by atoms with van der Waals surface area (Å²) in [7, 11) is 0. The summed E-state index contributed by atoms with van der Waals surface area (Å²) in [6.07, 6.45) is 6.80. The van der Waals surface area contributed by atoms with Gasteiger partial charge in [-0.2, -0.15) is 5.10 Å². The van der Waals surface area contributed by atoms with E-state index in [4.69, 9.17) is 34.4 Å². The summed E-state index contributed by atoms with van der Waals surface area (Å²) in [5, 5.41) is 6.68. The lowest BCUT2D eigenvalue weighted by molar-refractivity contribution is 0.0955. The summed E-state index contributed by atoms with van der Waals surface area (Å²) in [5.74, 6) is 2.54. The first-order chi connectivity index (χ1) is 13.1. The quantitative estimate of drug-likeness (QED) is 0.377. The number of hydrazone groups is 1. The van der Waals surface area contributed by atoms with E-state index < -0.39 is 5.91 Å². The molecule has 0 bridgehead atoms. The maximum atomic E-state index is 12.3. The first-order valence-electron chi connectivity index (χ1n) is 7.96. The predicted octanol–water partition coefficient (Wildman–Crippen LogP) is 4.92. The summed E-state index contributed by atoms with van der Waals surface area (Å²) in [6, 6.07) is 16.2. The van der Waals surface area contributed by atoms with Crippen molar-refractivity contribution < 1.29 is 9.53 Å². The van der Waals surface area contributed by atoms with Gasteiger partial charge < -0.3 is 4.74 Å². The second-order valence-corrected chi connectivity index (χ2v) is 6.36. The molecule has 0 aromatic heterocycles. The molecule has 0 spiro atoms. The molecule has 3 aromatic carbocycles. The van der Waals surface area contributed by atoms with Crippen molar-refractivity contribution >= 4 is 46.1 Å². The zero-order chi connectivity index (χ0) is 19.2. The molecular weight excluding hydrogens is 383 g/mol. The summed E-state index contributed by atoms with van der Waals surface area (Å²) in [5.41, 5.74) is 3.40. The Morgan fingerprint density at radius 3 is 2.81 bits per heavy atom. The van der Waals surface area contributed by atoms with E-state index in [1.807, 2.05) is 36.4 Å². The van der Waals surface area contributed by atoms with Crippen LogP contribution in [0.15, 0.2) is 59.7 Å². The summed E-state index contributed by atoms with van der Waals surface area (Å²) in [4.78, 5) is 12.3. The van der Waals surface area contributed by atoms with Crippen LogP contribution in [0, 0.1) is 12.3 Å². The molecular formula is C21H14Cl2N2O2. The number of nitrogens with one attached hydrogen (secondary N) is 1. The Bertz CT molecular complexity index is 1070. The van der Waals surface area contributed by atoms with E-state index >= 15 is 0 Å². The monoisotopic (exact) mass is 396 g/mol. The van der Waals surface area contributed by atoms with Gasteiger partial charge in [-0.15, -0.1) is 6.42 Å². The van der Waals surface area contributed by atoms with Crippen molar-refractivity contribution in [1.82, 2.24) is 5.43 Å². The van der Waals surface area contributed by atoms with E-state index in [-0.39, 0.29) is 17.2 Å². The van der Waals surface area contributed by atoms with E-state index in [1.54, 1.807) is 12.1 Å². The highest BCUT2D eigenvalue weighted by atomic mass is 35.5. The van der Waals surface area contributed by atoms with Gasteiger partial charge in [-0.1, -0.05) is 59.5 Å². The van der Waals surface area contributed by atoms with Crippen molar-refractivity contribution in [2.45, 2.75) is 0 Å². The lowest BCUT2D eigenvalue weighted by atomic mass is 10.0. The number of fused-ring (bicyclic) bond motifs is 1. The zero-order valence-corrected chi connectivity index (χ0v) is 15.6. The van der Waals surface area contributed by atoms with Gasteiger partial charge in [-0.05, 0) is 35.0 Å². The molecule has 0 saturated carbocycles. The highest BCUT2D eigenvalue weighted by molar-refractivity contribution is 6.35. The molecule has 4 nitrogen and oxygen atoms in total. The van der Waals surface area contributed by atoms with Crippen LogP contribution in [-0.4, -0.2) is 18.7 Å². The molecule has 134 valence electrons. The van der Waals surface area contributed by atoms with E-state index in [9.17, 15) is 4.79 Å². The molecule has 0 aliphatic carbocycles. The number of terminal acetylenes is 1. The second kappa shape index (κ2) is 8.59. The molecule has 3 rings (SSSR count). The number of benzene rings is 3. The smallest absolute Gasteiger partial charge is 0.272 e. The van der Waals surface area contributed by atoms with Gasteiger partial charge in [0.1, 0.15) is 12.4 Å². The normalized spacial score (nSPS) is 10.7. The van der Waals surface area contributed by atoms with Crippen LogP contribution < -0.4 is 10.2 Å². The molecule has 1 amide bonds. The number of carbonyl (C=O) groups is 1. The van der Waals surface area contributed by atoms with Gasteiger partial charge in [0.15, 0.2) is 0 Å². The van der Waals surface area contributed by atoms with Crippen molar-refractivity contribution in [3.8, 4) is 18.1 Å². The molecule has 3 aromatic rings. The predicted molar refractivity (Wildman–Crippen MR) is 110 cm³/mol. The van der Waals surface area contributed by atoms with Crippen LogP contribution in [0.1, 0.15) is 15.9 Å². The Hall–Kier alpha value is -3.00. The average Bonchev–Trinajstić information content (AvgIpc) is 2.68. The Morgan fingerprint density at radius 1 is 1.19 bits per heavy atom. The lowest BCUT2D eigenvalue weighted by Crippen LogP contribution is -2.18. The van der Waals surface area contributed by atoms with Gasteiger partial charge in [-0.3, -0.25) is 4.79 Å². The molecule has 0 aliphatic rings. The first-order valence-corrected chi connectivity index (χ1v) is 8.72. The molecule has 0 aliphatic heterocycles. The molecule has 1 N–H and O–H groups in total. The maximum absolute atomic E-state index is 12.3. The fraction of sp³-hybridized carbons (Fsp3) is 0.0476. The van der Waals surface area contributed by atoms with Gasteiger partial charge in [0.25, 0.3) is 5.91 Å². The second-order valence-electron chi connectivity index (χ2n) is 5.51. The van der Waals surface area contributed by atoms with Crippen LogP contribution in [0.3, 0.4) is 0 Å². The Balaban J connectivity index is 1.89.